The van der Waals surface area contributed by atoms with E-state index in [9.17, 15) is 0 Å². The zero-order valence-corrected chi connectivity index (χ0v) is 8.33. The molecule has 0 spiro atoms. The molecule has 13 heavy (non-hydrogen) atoms. The maximum Gasteiger partial charge on any atom is 0.256 e. The van der Waals surface area contributed by atoms with Gasteiger partial charge in [0.2, 0.25) is 0 Å². The van der Waals surface area contributed by atoms with Crippen LogP contribution in [0, 0.1) is 0 Å². The molecule has 0 saturated carbocycles. The Balaban J connectivity index is 2.95. The van der Waals surface area contributed by atoms with Crippen molar-refractivity contribution in [3.8, 4) is 11.6 Å². The van der Waals surface area contributed by atoms with Gasteiger partial charge in [0.25, 0.3) is 5.88 Å². The zero-order chi connectivity index (χ0) is 9.68. The Morgan fingerprint density at radius 3 is 2.69 bits per heavy atom. The van der Waals surface area contributed by atoms with Gasteiger partial charge in [-0.05, 0) is 25.0 Å². The predicted octanol–water partition coefficient (Wildman–Crippen LogP) is 2.05. The number of hydrogen-bond acceptors (Lipinski definition) is 3. The Morgan fingerprint density at radius 1 is 1.38 bits per heavy atom. The van der Waals surface area contributed by atoms with Crippen LogP contribution in [0.1, 0.15) is 19.4 Å². The Labute approximate surface area is 78.7 Å². The molecule has 0 N–H and O–H groups in total. The first-order chi connectivity index (χ1) is 6.31. The molecule has 0 aliphatic carbocycles. The van der Waals surface area contributed by atoms with E-state index in [1.54, 1.807) is 13.3 Å². The van der Waals surface area contributed by atoms with Crippen LogP contribution in [0.2, 0.25) is 0 Å². The second-order valence-corrected chi connectivity index (χ2v) is 2.64. The van der Waals surface area contributed by atoms with Gasteiger partial charge in [-0.1, -0.05) is 6.92 Å². The fraction of sp³-hybridized carbons (Fsp3) is 0.500. The van der Waals surface area contributed by atoms with Crippen molar-refractivity contribution < 1.29 is 9.47 Å². The van der Waals surface area contributed by atoms with Gasteiger partial charge < -0.3 is 9.47 Å². The summed E-state index contributed by atoms with van der Waals surface area (Å²) in [5, 5.41) is 0. The molecule has 0 fully saturated rings. The topological polar surface area (TPSA) is 31.4 Å². The highest BCUT2D eigenvalue weighted by Crippen LogP contribution is 2.24. The van der Waals surface area contributed by atoms with Crippen molar-refractivity contribution in [1.29, 1.82) is 0 Å². The van der Waals surface area contributed by atoms with Crippen LogP contribution < -0.4 is 9.47 Å². The van der Waals surface area contributed by atoms with Gasteiger partial charge in [0.1, 0.15) is 0 Å². The van der Waals surface area contributed by atoms with Crippen LogP contribution in [0.15, 0.2) is 12.3 Å². The minimum atomic E-state index is 0.555. The highest BCUT2D eigenvalue weighted by atomic mass is 16.5. The molecule has 1 heterocycles. The number of aryl methyl sites for hydroxylation is 1. The molecule has 0 atom stereocenters. The van der Waals surface area contributed by atoms with E-state index in [-0.39, 0.29) is 0 Å². The number of ether oxygens (including phenoxy) is 2. The Bertz CT molecular complexity index is 274. The van der Waals surface area contributed by atoms with Gasteiger partial charge in [-0.3, -0.25) is 0 Å². The van der Waals surface area contributed by atoms with Gasteiger partial charge in [0.05, 0.1) is 13.7 Å². The van der Waals surface area contributed by atoms with E-state index in [4.69, 9.17) is 9.47 Å². The quantitative estimate of drug-likeness (QED) is 0.712. The second-order valence-electron chi connectivity index (χ2n) is 2.64. The lowest BCUT2D eigenvalue weighted by molar-refractivity contribution is 0.303. The van der Waals surface area contributed by atoms with Crippen LogP contribution in [0.3, 0.4) is 0 Å². The largest absolute Gasteiger partial charge is 0.488 e. The van der Waals surface area contributed by atoms with Gasteiger partial charge >= 0.3 is 0 Å². The Hall–Kier alpha value is -1.25. The number of methoxy groups -OCH3 is 1. The van der Waals surface area contributed by atoms with Crippen LogP contribution in [-0.2, 0) is 6.42 Å². The van der Waals surface area contributed by atoms with Gasteiger partial charge in [0.15, 0.2) is 5.75 Å². The summed E-state index contributed by atoms with van der Waals surface area (Å²) in [7, 11) is 1.59. The lowest BCUT2D eigenvalue weighted by Crippen LogP contribution is -1.98. The Kier molecular flexibility index (Phi) is 3.55. The number of aromatic nitrogens is 1. The fourth-order valence-corrected chi connectivity index (χ4v) is 1.08. The fourth-order valence-electron chi connectivity index (χ4n) is 1.08. The van der Waals surface area contributed by atoms with Crippen molar-refractivity contribution in [3.05, 3.63) is 17.8 Å². The molecule has 0 unspecified atom stereocenters. The molecule has 72 valence electrons. The maximum atomic E-state index is 5.38. The second kappa shape index (κ2) is 4.70. The summed E-state index contributed by atoms with van der Waals surface area (Å²) >= 11 is 0. The summed E-state index contributed by atoms with van der Waals surface area (Å²) in [4.78, 5) is 4.14. The van der Waals surface area contributed by atoms with Crippen molar-refractivity contribution >= 4 is 0 Å². The van der Waals surface area contributed by atoms with Crippen molar-refractivity contribution in [3.63, 3.8) is 0 Å². The first kappa shape index (κ1) is 9.84. The van der Waals surface area contributed by atoms with E-state index in [1.165, 1.54) is 0 Å². The molecule has 0 saturated heterocycles. The zero-order valence-electron chi connectivity index (χ0n) is 8.33. The Morgan fingerprint density at radius 2 is 2.15 bits per heavy atom. The van der Waals surface area contributed by atoms with Crippen molar-refractivity contribution in [2.75, 3.05) is 13.7 Å². The van der Waals surface area contributed by atoms with E-state index in [1.807, 2.05) is 13.0 Å². The molecule has 0 aromatic carbocycles. The van der Waals surface area contributed by atoms with E-state index in [0.717, 1.165) is 17.7 Å². The molecule has 1 aromatic heterocycles. The van der Waals surface area contributed by atoms with Crippen LogP contribution in [0.5, 0.6) is 11.6 Å². The summed E-state index contributed by atoms with van der Waals surface area (Å²) in [6.07, 6.45) is 2.76. The maximum absolute atomic E-state index is 5.38. The molecule has 3 heteroatoms. The van der Waals surface area contributed by atoms with Crippen molar-refractivity contribution in [2.24, 2.45) is 0 Å². The molecular formula is C10H15NO2. The van der Waals surface area contributed by atoms with E-state index >= 15 is 0 Å². The first-order valence-corrected chi connectivity index (χ1v) is 4.47. The molecule has 0 aliphatic rings. The lowest BCUT2D eigenvalue weighted by Gasteiger charge is -2.08. The molecular weight excluding hydrogens is 166 g/mol. The number of hydrogen-bond donors (Lipinski definition) is 0. The number of rotatable bonds is 4. The summed E-state index contributed by atoms with van der Waals surface area (Å²) in [5.74, 6) is 1.28. The van der Waals surface area contributed by atoms with E-state index < -0.39 is 0 Å². The van der Waals surface area contributed by atoms with Crippen molar-refractivity contribution in [1.82, 2.24) is 4.98 Å². The number of pyridine rings is 1. The SMILES string of the molecule is CCOc1cc(CC)cnc1OC. The molecule has 0 radical (unpaired) electrons. The third kappa shape index (κ3) is 2.34. The molecule has 3 nitrogen and oxygen atoms in total. The molecule has 1 aromatic rings. The summed E-state index contributed by atoms with van der Waals surface area (Å²) in [5.41, 5.74) is 1.16. The third-order valence-electron chi connectivity index (χ3n) is 1.78. The van der Waals surface area contributed by atoms with Gasteiger partial charge in [0, 0.05) is 6.20 Å². The predicted molar refractivity (Wildman–Crippen MR) is 51.3 cm³/mol. The van der Waals surface area contributed by atoms with Gasteiger partial charge in [-0.2, -0.15) is 0 Å². The normalized spacial score (nSPS) is 9.77. The summed E-state index contributed by atoms with van der Waals surface area (Å²) in [6, 6.07) is 1.97. The third-order valence-corrected chi connectivity index (χ3v) is 1.78. The minimum absolute atomic E-state index is 0.555. The smallest absolute Gasteiger partial charge is 0.256 e. The molecule has 0 bridgehead atoms. The summed E-state index contributed by atoms with van der Waals surface area (Å²) < 4.78 is 10.4. The van der Waals surface area contributed by atoms with Crippen LogP contribution >= 0.6 is 0 Å². The monoisotopic (exact) mass is 181 g/mol. The minimum Gasteiger partial charge on any atom is -0.488 e. The highest BCUT2D eigenvalue weighted by molar-refractivity contribution is 5.36. The van der Waals surface area contributed by atoms with Gasteiger partial charge in [-0.15, -0.1) is 0 Å². The van der Waals surface area contributed by atoms with E-state index in [0.29, 0.717) is 12.5 Å². The number of nitrogens with zero attached hydrogens (tertiary/aromatic N) is 1. The molecule has 1 rings (SSSR count). The van der Waals surface area contributed by atoms with Crippen LogP contribution in [-0.4, -0.2) is 18.7 Å². The lowest BCUT2D eigenvalue weighted by atomic mass is 10.2. The first-order valence-electron chi connectivity index (χ1n) is 4.47. The van der Waals surface area contributed by atoms with E-state index in [2.05, 4.69) is 11.9 Å². The highest BCUT2D eigenvalue weighted by Gasteiger charge is 2.05. The van der Waals surface area contributed by atoms with Gasteiger partial charge in [-0.25, -0.2) is 4.98 Å². The average Bonchev–Trinajstić information content (AvgIpc) is 2.18. The average molecular weight is 181 g/mol. The standard InChI is InChI=1S/C10H15NO2/c1-4-8-6-9(13-5-2)10(12-3)11-7-8/h6-7H,4-5H2,1-3H3. The van der Waals surface area contributed by atoms with Crippen LogP contribution in [0.4, 0.5) is 0 Å². The summed E-state index contributed by atoms with van der Waals surface area (Å²) in [6.45, 7) is 4.66. The van der Waals surface area contributed by atoms with Crippen LogP contribution in [0.25, 0.3) is 0 Å². The molecule has 0 amide bonds. The van der Waals surface area contributed by atoms with Crippen molar-refractivity contribution in [2.45, 2.75) is 20.3 Å². The molecule has 0 aliphatic heterocycles.